The number of benzene rings is 1. The van der Waals surface area contributed by atoms with Crippen LogP contribution >= 0.6 is 0 Å². The van der Waals surface area contributed by atoms with E-state index in [1.165, 1.54) is 6.33 Å². The van der Waals surface area contributed by atoms with E-state index in [2.05, 4.69) is 10.1 Å². The van der Waals surface area contributed by atoms with Crippen LogP contribution in [0.3, 0.4) is 0 Å². The topological polar surface area (TPSA) is 92.3 Å². The number of nitrogens with zero attached hydrogens (tertiary/aromatic N) is 3. The van der Waals surface area contributed by atoms with Crippen molar-refractivity contribution >= 4 is 11.9 Å². The number of aromatic nitrogens is 3. The maximum absolute atomic E-state index is 11.7. The number of nitrogens with two attached hydrogens (primary N) is 1. The maximum atomic E-state index is 11.7. The Kier molecular flexibility index (Phi) is 4.54. The molecule has 2 aromatic rings. The summed E-state index contributed by atoms with van der Waals surface area (Å²) in [6, 6.07) is 7.31. The Balaban J connectivity index is 1.74. The van der Waals surface area contributed by atoms with Gasteiger partial charge in [-0.25, -0.2) is 4.98 Å². The van der Waals surface area contributed by atoms with Crippen LogP contribution in [0, 0.1) is 0 Å². The lowest BCUT2D eigenvalue weighted by Gasteiger charge is -2.07. The Morgan fingerprint density at radius 3 is 2.90 bits per heavy atom. The summed E-state index contributed by atoms with van der Waals surface area (Å²) in [6.45, 7) is 0.434. The third kappa shape index (κ3) is 3.71. The second kappa shape index (κ2) is 6.55. The highest BCUT2D eigenvalue weighted by atomic mass is 16.5. The molecule has 0 amide bonds. The van der Waals surface area contributed by atoms with Crippen LogP contribution in [-0.4, -0.2) is 34.4 Å². The van der Waals surface area contributed by atoms with Gasteiger partial charge < -0.3 is 15.2 Å². The number of nitrogen functional groups attached to an aromatic ring is 1. The van der Waals surface area contributed by atoms with E-state index < -0.39 is 0 Å². The summed E-state index contributed by atoms with van der Waals surface area (Å²) >= 11 is 0. The summed E-state index contributed by atoms with van der Waals surface area (Å²) in [4.78, 5) is 15.4. The number of methoxy groups -OCH3 is 1. The molecular formula is C13H16N4O3. The van der Waals surface area contributed by atoms with Crippen molar-refractivity contribution in [1.29, 1.82) is 0 Å². The molecule has 0 spiro atoms. The minimum Gasteiger partial charge on any atom is -0.497 e. The largest absolute Gasteiger partial charge is 0.497 e. The fourth-order valence-corrected chi connectivity index (χ4v) is 1.61. The summed E-state index contributed by atoms with van der Waals surface area (Å²) in [7, 11) is 1.60. The van der Waals surface area contributed by atoms with Crippen LogP contribution in [0.4, 0.5) is 5.95 Å². The van der Waals surface area contributed by atoms with Crippen LogP contribution in [0.5, 0.6) is 11.5 Å². The minimum atomic E-state index is -0.163. The van der Waals surface area contributed by atoms with Crippen molar-refractivity contribution in [2.75, 3.05) is 19.5 Å². The Hall–Kier alpha value is -2.57. The van der Waals surface area contributed by atoms with Gasteiger partial charge in [-0.3, -0.25) is 4.79 Å². The molecule has 0 aliphatic carbocycles. The van der Waals surface area contributed by atoms with Crippen LogP contribution in [0.15, 0.2) is 30.6 Å². The molecule has 1 aromatic carbocycles. The van der Waals surface area contributed by atoms with E-state index in [9.17, 15) is 4.79 Å². The highest BCUT2D eigenvalue weighted by molar-refractivity contribution is 5.77. The van der Waals surface area contributed by atoms with Gasteiger partial charge in [0, 0.05) is 12.5 Å². The van der Waals surface area contributed by atoms with Gasteiger partial charge in [-0.1, -0.05) is 6.07 Å². The van der Waals surface area contributed by atoms with Gasteiger partial charge in [0.05, 0.1) is 13.7 Å². The van der Waals surface area contributed by atoms with E-state index in [1.54, 1.807) is 13.2 Å². The number of rotatable bonds is 6. The van der Waals surface area contributed by atoms with Crippen molar-refractivity contribution < 1.29 is 14.3 Å². The van der Waals surface area contributed by atoms with Gasteiger partial charge >= 0.3 is 0 Å². The van der Waals surface area contributed by atoms with E-state index in [-0.39, 0.29) is 11.9 Å². The lowest BCUT2D eigenvalue weighted by molar-refractivity contribution is 0.0877. The molecule has 0 unspecified atom stereocenters. The molecule has 0 fully saturated rings. The average molecular weight is 276 g/mol. The van der Waals surface area contributed by atoms with Gasteiger partial charge in [0.25, 0.3) is 0 Å². The van der Waals surface area contributed by atoms with Gasteiger partial charge in [-0.05, 0) is 18.6 Å². The second-order valence-corrected chi connectivity index (χ2v) is 4.07. The summed E-state index contributed by atoms with van der Waals surface area (Å²) in [6.07, 6.45) is 2.20. The Bertz CT molecular complexity index is 583. The SMILES string of the molecule is COc1cccc(OCCCC(=O)n2cnc(N)n2)c1. The number of hydrogen-bond donors (Lipinski definition) is 1. The van der Waals surface area contributed by atoms with Crippen molar-refractivity contribution in [3.05, 3.63) is 30.6 Å². The fraction of sp³-hybridized carbons (Fsp3) is 0.308. The fourth-order valence-electron chi connectivity index (χ4n) is 1.61. The van der Waals surface area contributed by atoms with E-state index in [0.717, 1.165) is 10.4 Å². The van der Waals surface area contributed by atoms with Gasteiger partial charge in [-0.15, -0.1) is 5.10 Å². The van der Waals surface area contributed by atoms with E-state index in [1.807, 2.05) is 18.2 Å². The van der Waals surface area contributed by atoms with Crippen LogP contribution < -0.4 is 15.2 Å². The number of anilines is 1. The van der Waals surface area contributed by atoms with E-state index >= 15 is 0 Å². The molecule has 7 nitrogen and oxygen atoms in total. The molecular weight excluding hydrogens is 260 g/mol. The molecule has 20 heavy (non-hydrogen) atoms. The summed E-state index contributed by atoms with van der Waals surface area (Å²) in [5.74, 6) is 1.37. The molecule has 1 aromatic heterocycles. The van der Waals surface area contributed by atoms with Gasteiger partial charge in [0.1, 0.15) is 17.8 Å². The average Bonchev–Trinajstić information content (AvgIpc) is 2.90. The molecule has 0 saturated carbocycles. The number of ether oxygens (including phenoxy) is 2. The first kappa shape index (κ1) is 13.9. The molecule has 0 aliphatic rings. The zero-order chi connectivity index (χ0) is 14.4. The third-order valence-electron chi connectivity index (χ3n) is 2.61. The smallest absolute Gasteiger partial charge is 0.248 e. The summed E-state index contributed by atoms with van der Waals surface area (Å²) in [5.41, 5.74) is 5.34. The number of carbonyl (C=O) groups is 1. The van der Waals surface area contributed by atoms with Crippen molar-refractivity contribution in [2.45, 2.75) is 12.8 Å². The molecule has 0 atom stereocenters. The quantitative estimate of drug-likeness (QED) is 0.801. The molecule has 0 bridgehead atoms. The van der Waals surface area contributed by atoms with Crippen LogP contribution in [0.1, 0.15) is 17.6 Å². The minimum absolute atomic E-state index is 0.0889. The second-order valence-electron chi connectivity index (χ2n) is 4.07. The third-order valence-corrected chi connectivity index (χ3v) is 2.61. The van der Waals surface area contributed by atoms with Crippen molar-refractivity contribution in [1.82, 2.24) is 14.8 Å². The molecule has 0 radical (unpaired) electrons. The molecule has 2 rings (SSSR count). The van der Waals surface area contributed by atoms with Gasteiger partial charge in [-0.2, -0.15) is 4.68 Å². The molecule has 2 N–H and O–H groups in total. The summed E-state index contributed by atoms with van der Waals surface area (Å²) in [5, 5.41) is 3.75. The number of carbonyl (C=O) groups excluding carboxylic acids is 1. The van der Waals surface area contributed by atoms with E-state index in [4.69, 9.17) is 15.2 Å². The highest BCUT2D eigenvalue weighted by Crippen LogP contribution is 2.18. The first-order chi connectivity index (χ1) is 9.69. The van der Waals surface area contributed by atoms with Gasteiger partial charge in [0.15, 0.2) is 0 Å². The Morgan fingerprint density at radius 1 is 1.40 bits per heavy atom. The Morgan fingerprint density at radius 2 is 2.20 bits per heavy atom. The summed E-state index contributed by atoms with van der Waals surface area (Å²) < 4.78 is 11.8. The standard InChI is InChI=1S/C13H16N4O3/c1-19-10-4-2-5-11(8-10)20-7-3-6-12(18)17-9-15-13(14)16-17/h2,4-5,8-9H,3,6-7H2,1H3,(H2,14,16). The number of hydrogen-bond acceptors (Lipinski definition) is 6. The van der Waals surface area contributed by atoms with Crippen molar-refractivity contribution in [3.63, 3.8) is 0 Å². The van der Waals surface area contributed by atoms with E-state index in [0.29, 0.717) is 25.2 Å². The van der Waals surface area contributed by atoms with Crippen LogP contribution in [0.2, 0.25) is 0 Å². The molecule has 7 heteroatoms. The predicted molar refractivity (Wildman–Crippen MR) is 72.8 cm³/mol. The molecule has 106 valence electrons. The molecule has 1 heterocycles. The highest BCUT2D eigenvalue weighted by Gasteiger charge is 2.07. The lowest BCUT2D eigenvalue weighted by atomic mass is 10.3. The normalized spacial score (nSPS) is 10.2. The maximum Gasteiger partial charge on any atom is 0.248 e. The predicted octanol–water partition coefficient (Wildman–Crippen LogP) is 1.37. The molecule has 0 aliphatic heterocycles. The first-order valence-corrected chi connectivity index (χ1v) is 6.16. The van der Waals surface area contributed by atoms with Gasteiger partial charge in [0.2, 0.25) is 11.9 Å². The van der Waals surface area contributed by atoms with Crippen molar-refractivity contribution in [2.24, 2.45) is 0 Å². The zero-order valence-corrected chi connectivity index (χ0v) is 11.2. The molecule has 0 saturated heterocycles. The lowest BCUT2D eigenvalue weighted by Crippen LogP contribution is -2.12. The van der Waals surface area contributed by atoms with Crippen LogP contribution in [0.25, 0.3) is 0 Å². The van der Waals surface area contributed by atoms with Crippen molar-refractivity contribution in [3.8, 4) is 11.5 Å². The monoisotopic (exact) mass is 276 g/mol. The van der Waals surface area contributed by atoms with Crippen LogP contribution in [-0.2, 0) is 0 Å². The first-order valence-electron chi connectivity index (χ1n) is 6.16. The Labute approximate surface area is 116 Å². The zero-order valence-electron chi connectivity index (χ0n) is 11.2.